The number of H-pyrrole nitrogens is 1. The molecule has 0 bridgehead atoms. The molecular weight excluding hydrogens is 254 g/mol. The van der Waals surface area contributed by atoms with Gasteiger partial charge in [0, 0.05) is 23.5 Å². The predicted octanol–water partition coefficient (Wildman–Crippen LogP) is 0.858. The minimum atomic E-state index is -0.589. The van der Waals surface area contributed by atoms with E-state index in [1.54, 1.807) is 0 Å². The molecule has 2 aliphatic rings. The number of aromatic nitrogens is 1. The van der Waals surface area contributed by atoms with Crippen LogP contribution in [0.5, 0.6) is 0 Å². The van der Waals surface area contributed by atoms with E-state index in [0.717, 1.165) is 29.3 Å². The zero-order valence-corrected chi connectivity index (χ0v) is 10.9. The van der Waals surface area contributed by atoms with E-state index in [1.807, 2.05) is 30.5 Å². The first-order valence-corrected chi connectivity index (χ1v) is 6.86. The van der Waals surface area contributed by atoms with Gasteiger partial charge in [-0.3, -0.25) is 9.59 Å². The second-order valence-corrected chi connectivity index (χ2v) is 5.66. The number of para-hydroxylation sites is 1. The van der Waals surface area contributed by atoms with Crippen LogP contribution in [-0.2, 0) is 16.0 Å². The number of hydrogen-bond donors (Lipinski definition) is 3. The highest BCUT2D eigenvalue weighted by molar-refractivity contribution is 6.02. The van der Waals surface area contributed by atoms with Gasteiger partial charge >= 0.3 is 0 Å². The first kappa shape index (κ1) is 11.5. The number of piperazine rings is 1. The second kappa shape index (κ2) is 3.85. The highest BCUT2D eigenvalue weighted by Crippen LogP contribution is 2.37. The Morgan fingerprint density at radius 3 is 2.80 bits per heavy atom. The number of rotatable bonds is 2. The van der Waals surface area contributed by atoms with E-state index in [2.05, 4.69) is 15.6 Å². The molecule has 2 amide bonds. The zero-order valence-electron chi connectivity index (χ0n) is 10.9. The van der Waals surface area contributed by atoms with Gasteiger partial charge in [0.1, 0.15) is 11.6 Å². The maximum atomic E-state index is 12.1. The molecule has 1 spiro atoms. The van der Waals surface area contributed by atoms with Crippen LogP contribution in [0, 0.1) is 0 Å². The Kier molecular flexibility index (Phi) is 2.22. The number of carbonyl (C=O) groups excluding carboxylic acids is 2. The van der Waals surface area contributed by atoms with E-state index in [0.29, 0.717) is 6.42 Å². The van der Waals surface area contributed by atoms with Gasteiger partial charge in [-0.2, -0.15) is 0 Å². The maximum Gasteiger partial charge on any atom is 0.246 e. The van der Waals surface area contributed by atoms with Crippen LogP contribution in [0.25, 0.3) is 10.9 Å². The molecule has 2 aromatic rings. The van der Waals surface area contributed by atoms with Crippen molar-refractivity contribution >= 4 is 22.7 Å². The molecule has 1 saturated carbocycles. The molecule has 102 valence electrons. The van der Waals surface area contributed by atoms with Gasteiger partial charge in [0.05, 0.1) is 0 Å². The highest BCUT2D eigenvalue weighted by Gasteiger charge is 2.55. The lowest BCUT2D eigenvalue weighted by Gasteiger charge is -2.29. The Morgan fingerprint density at radius 2 is 2.00 bits per heavy atom. The van der Waals surface area contributed by atoms with Crippen molar-refractivity contribution in [3.63, 3.8) is 0 Å². The van der Waals surface area contributed by atoms with Crippen molar-refractivity contribution in [3.8, 4) is 0 Å². The van der Waals surface area contributed by atoms with Gasteiger partial charge in [-0.05, 0) is 24.5 Å². The first-order valence-electron chi connectivity index (χ1n) is 6.86. The molecule has 2 heterocycles. The number of amides is 2. The lowest BCUT2D eigenvalue weighted by atomic mass is 10.0. The van der Waals surface area contributed by atoms with E-state index in [1.165, 1.54) is 0 Å². The third-order valence-electron chi connectivity index (χ3n) is 4.27. The quantitative estimate of drug-likeness (QED) is 0.756. The zero-order chi connectivity index (χ0) is 13.7. The van der Waals surface area contributed by atoms with Crippen LogP contribution in [-0.4, -0.2) is 28.4 Å². The van der Waals surface area contributed by atoms with E-state index in [-0.39, 0.29) is 11.8 Å². The Labute approximate surface area is 115 Å². The molecule has 5 heteroatoms. The van der Waals surface area contributed by atoms with Crippen molar-refractivity contribution in [2.45, 2.75) is 30.8 Å². The van der Waals surface area contributed by atoms with E-state index >= 15 is 0 Å². The van der Waals surface area contributed by atoms with Gasteiger partial charge in [-0.1, -0.05) is 18.2 Å². The number of benzene rings is 1. The molecule has 3 N–H and O–H groups in total. The van der Waals surface area contributed by atoms with Crippen molar-refractivity contribution in [1.82, 2.24) is 15.6 Å². The third kappa shape index (κ3) is 1.62. The minimum Gasteiger partial charge on any atom is -0.361 e. The summed E-state index contributed by atoms with van der Waals surface area (Å²) in [5.41, 5.74) is 1.50. The predicted molar refractivity (Wildman–Crippen MR) is 74.0 cm³/mol. The Balaban J connectivity index is 1.60. The fourth-order valence-corrected chi connectivity index (χ4v) is 2.88. The van der Waals surface area contributed by atoms with Crippen LogP contribution in [0.15, 0.2) is 30.5 Å². The summed E-state index contributed by atoms with van der Waals surface area (Å²) >= 11 is 0. The normalized spacial score (nSPS) is 23.7. The fourth-order valence-electron chi connectivity index (χ4n) is 2.88. The molecule has 1 atom stereocenters. The highest BCUT2D eigenvalue weighted by atomic mass is 16.2. The number of aromatic amines is 1. The summed E-state index contributed by atoms with van der Waals surface area (Å²) in [7, 11) is 0. The third-order valence-corrected chi connectivity index (χ3v) is 4.27. The number of nitrogens with one attached hydrogen (secondary N) is 3. The summed E-state index contributed by atoms with van der Waals surface area (Å²) < 4.78 is 0. The SMILES string of the molecule is O=C1NC2(CC2)C(=O)N[C@H]1Cc1c[nH]c2ccccc12. The van der Waals surface area contributed by atoms with E-state index in [4.69, 9.17) is 0 Å². The van der Waals surface area contributed by atoms with Crippen LogP contribution in [0.1, 0.15) is 18.4 Å². The molecule has 1 aromatic carbocycles. The van der Waals surface area contributed by atoms with Gasteiger partial charge in [0.2, 0.25) is 11.8 Å². The van der Waals surface area contributed by atoms with E-state index in [9.17, 15) is 9.59 Å². The summed E-state index contributed by atoms with van der Waals surface area (Å²) in [5.74, 6) is -0.116. The summed E-state index contributed by atoms with van der Waals surface area (Å²) in [4.78, 5) is 27.3. The van der Waals surface area contributed by atoms with Crippen LogP contribution >= 0.6 is 0 Å². The Morgan fingerprint density at radius 1 is 1.20 bits per heavy atom. The lowest BCUT2D eigenvalue weighted by molar-refractivity contribution is -0.137. The second-order valence-electron chi connectivity index (χ2n) is 5.66. The van der Waals surface area contributed by atoms with Crippen LogP contribution < -0.4 is 10.6 Å². The summed E-state index contributed by atoms with van der Waals surface area (Å²) in [6.45, 7) is 0. The molecule has 20 heavy (non-hydrogen) atoms. The fraction of sp³-hybridized carbons (Fsp3) is 0.333. The van der Waals surface area contributed by atoms with Crippen molar-refractivity contribution in [3.05, 3.63) is 36.0 Å². The number of hydrogen-bond acceptors (Lipinski definition) is 2. The molecule has 0 unspecified atom stereocenters. The van der Waals surface area contributed by atoms with Crippen molar-refractivity contribution < 1.29 is 9.59 Å². The maximum absolute atomic E-state index is 12.1. The van der Waals surface area contributed by atoms with Crippen LogP contribution in [0.3, 0.4) is 0 Å². The van der Waals surface area contributed by atoms with Gasteiger partial charge in [-0.25, -0.2) is 0 Å². The average molecular weight is 269 g/mol. The molecule has 1 aliphatic heterocycles. The van der Waals surface area contributed by atoms with Crippen LogP contribution in [0.4, 0.5) is 0 Å². The number of carbonyl (C=O) groups is 2. The molecule has 4 rings (SSSR count). The standard InChI is InChI=1S/C15H15N3O2/c19-13-12(17-14(20)15(18-13)5-6-15)7-9-8-16-11-4-2-1-3-10(9)11/h1-4,8,12,16H,5-7H2,(H,17,20)(H,18,19)/t12-/m0/s1. The summed E-state index contributed by atoms with van der Waals surface area (Å²) in [5, 5.41) is 6.82. The topological polar surface area (TPSA) is 74.0 Å². The minimum absolute atomic E-state index is 0.0399. The molecule has 0 radical (unpaired) electrons. The van der Waals surface area contributed by atoms with Gasteiger partial charge in [0.15, 0.2) is 0 Å². The average Bonchev–Trinajstić information content (AvgIpc) is 3.10. The van der Waals surface area contributed by atoms with Crippen molar-refractivity contribution in [2.75, 3.05) is 0 Å². The summed E-state index contributed by atoms with van der Waals surface area (Å²) in [6, 6.07) is 7.48. The molecule has 1 aromatic heterocycles. The van der Waals surface area contributed by atoms with Gasteiger partial charge < -0.3 is 15.6 Å². The Bertz CT molecular complexity index is 715. The molecule has 2 fully saturated rings. The molecular formula is C15H15N3O2. The van der Waals surface area contributed by atoms with Gasteiger partial charge in [-0.15, -0.1) is 0 Å². The smallest absolute Gasteiger partial charge is 0.246 e. The lowest BCUT2D eigenvalue weighted by Crippen LogP contribution is -2.63. The van der Waals surface area contributed by atoms with Crippen molar-refractivity contribution in [2.24, 2.45) is 0 Å². The molecule has 5 nitrogen and oxygen atoms in total. The first-order chi connectivity index (χ1) is 9.68. The largest absolute Gasteiger partial charge is 0.361 e. The number of fused-ring (bicyclic) bond motifs is 1. The molecule has 1 saturated heterocycles. The van der Waals surface area contributed by atoms with E-state index < -0.39 is 11.6 Å². The Hall–Kier alpha value is -2.30. The van der Waals surface area contributed by atoms with Gasteiger partial charge in [0.25, 0.3) is 0 Å². The van der Waals surface area contributed by atoms with Crippen molar-refractivity contribution in [1.29, 1.82) is 0 Å². The van der Waals surface area contributed by atoms with Crippen LogP contribution in [0.2, 0.25) is 0 Å². The summed E-state index contributed by atoms with van der Waals surface area (Å²) in [6.07, 6.45) is 3.93. The molecule has 1 aliphatic carbocycles. The monoisotopic (exact) mass is 269 g/mol.